The topological polar surface area (TPSA) is 45.8 Å². The van der Waals surface area contributed by atoms with Gasteiger partial charge in [0.2, 0.25) is 0 Å². The van der Waals surface area contributed by atoms with Crippen LogP contribution >= 0.6 is 11.3 Å². The molecule has 0 unspecified atom stereocenters. The fourth-order valence-electron chi connectivity index (χ4n) is 1.57. The first kappa shape index (κ1) is 11.6. The molecule has 0 aliphatic heterocycles. The van der Waals surface area contributed by atoms with Crippen LogP contribution in [-0.4, -0.2) is 4.57 Å². The fraction of sp³-hybridized carbons (Fsp3) is 0.167. The van der Waals surface area contributed by atoms with E-state index in [1.54, 1.807) is 5.38 Å². The highest BCUT2D eigenvalue weighted by molar-refractivity contribution is 7.07. The summed E-state index contributed by atoms with van der Waals surface area (Å²) in [5.41, 5.74) is 1.73. The van der Waals surface area contributed by atoms with Crippen molar-refractivity contribution in [3.8, 4) is 6.07 Å². The molecule has 0 saturated carbocycles. The highest BCUT2D eigenvalue weighted by Gasteiger charge is 2.08. The van der Waals surface area contributed by atoms with Gasteiger partial charge in [-0.15, -0.1) is 0 Å². The molecule has 0 radical (unpaired) electrons. The van der Waals surface area contributed by atoms with Gasteiger partial charge in [-0.2, -0.15) is 5.26 Å². The SMILES string of the molecule is Cc1csc(=O)n1Cc1cc(F)ccc1C#N. The Labute approximate surface area is 101 Å². The van der Waals surface area contributed by atoms with Gasteiger partial charge < -0.3 is 0 Å². The van der Waals surface area contributed by atoms with Gasteiger partial charge in [-0.1, -0.05) is 11.3 Å². The number of aromatic nitrogens is 1. The molecule has 1 aromatic heterocycles. The number of hydrogen-bond donors (Lipinski definition) is 0. The lowest BCUT2D eigenvalue weighted by Gasteiger charge is -2.06. The van der Waals surface area contributed by atoms with Gasteiger partial charge in [0, 0.05) is 11.1 Å². The summed E-state index contributed by atoms with van der Waals surface area (Å²) in [6.07, 6.45) is 0. The van der Waals surface area contributed by atoms with Crippen LogP contribution in [0.3, 0.4) is 0 Å². The van der Waals surface area contributed by atoms with Crippen LogP contribution in [0.4, 0.5) is 4.39 Å². The van der Waals surface area contributed by atoms with Gasteiger partial charge >= 0.3 is 4.87 Å². The van der Waals surface area contributed by atoms with Crippen molar-refractivity contribution >= 4 is 11.3 Å². The molecule has 0 N–H and O–H groups in total. The van der Waals surface area contributed by atoms with Crippen LogP contribution in [0.2, 0.25) is 0 Å². The van der Waals surface area contributed by atoms with Crippen molar-refractivity contribution in [1.29, 1.82) is 5.26 Å². The molecule has 0 amide bonds. The van der Waals surface area contributed by atoms with E-state index in [2.05, 4.69) is 0 Å². The predicted octanol–water partition coefficient (Wildman–Crippen LogP) is 2.28. The van der Waals surface area contributed by atoms with E-state index in [1.807, 2.05) is 13.0 Å². The number of halogens is 1. The first-order valence-corrected chi connectivity index (χ1v) is 5.83. The largest absolute Gasteiger partial charge is 0.307 e. The van der Waals surface area contributed by atoms with Gasteiger partial charge in [-0.3, -0.25) is 9.36 Å². The van der Waals surface area contributed by atoms with Crippen LogP contribution in [0.1, 0.15) is 16.8 Å². The van der Waals surface area contributed by atoms with E-state index in [0.29, 0.717) is 11.1 Å². The summed E-state index contributed by atoms with van der Waals surface area (Å²) >= 11 is 1.10. The van der Waals surface area contributed by atoms with Crippen molar-refractivity contribution < 1.29 is 4.39 Å². The average molecular weight is 248 g/mol. The van der Waals surface area contributed by atoms with Gasteiger partial charge in [0.1, 0.15) is 5.82 Å². The molecule has 3 nitrogen and oxygen atoms in total. The Kier molecular flexibility index (Phi) is 3.07. The molecule has 0 saturated heterocycles. The van der Waals surface area contributed by atoms with Crippen LogP contribution in [0.15, 0.2) is 28.4 Å². The highest BCUT2D eigenvalue weighted by Crippen LogP contribution is 2.13. The molecule has 0 aliphatic carbocycles. The predicted molar refractivity (Wildman–Crippen MR) is 63.5 cm³/mol. The summed E-state index contributed by atoms with van der Waals surface area (Å²) in [7, 11) is 0. The third-order valence-corrected chi connectivity index (χ3v) is 3.37. The van der Waals surface area contributed by atoms with E-state index < -0.39 is 5.82 Å². The molecule has 0 fully saturated rings. The van der Waals surface area contributed by atoms with Crippen LogP contribution < -0.4 is 4.87 Å². The minimum atomic E-state index is -0.403. The minimum absolute atomic E-state index is 0.101. The standard InChI is InChI=1S/C12H9FN2OS/c1-8-7-17-12(16)15(8)6-10-4-11(13)3-2-9(10)5-14/h2-4,7H,6H2,1H3. The molecule has 2 aromatic rings. The lowest BCUT2D eigenvalue weighted by atomic mass is 10.1. The first-order valence-electron chi connectivity index (χ1n) is 4.95. The van der Waals surface area contributed by atoms with E-state index in [9.17, 15) is 9.18 Å². The van der Waals surface area contributed by atoms with Crippen molar-refractivity contribution in [2.45, 2.75) is 13.5 Å². The number of rotatable bonds is 2. The smallest absolute Gasteiger partial charge is 0.299 e. The quantitative estimate of drug-likeness (QED) is 0.818. The molecular formula is C12H9FN2OS. The molecule has 5 heteroatoms. The molecule has 1 heterocycles. The highest BCUT2D eigenvalue weighted by atomic mass is 32.1. The second kappa shape index (κ2) is 4.52. The van der Waals surface area contributed by atoms with Crippen LogP contribution in [0, 0.1) is 24.1 Å². The number of nitrogens with zero attached hydrogens (tertiary/aromatic N) is 2. The van der Waals surface area contributed by atoms with Crippen molar-refractivity contribution in [3.05, 3.63) is 55.9 Å². The molecule has 17 heavy (non-hydrogen) atoms. The number of aryl methyl sites for hydroxylation is 1. The fourth-order valence-corrected chi connectivity index (χ4v) is 2.30. The van der Waals surface area contributed by atoms with Crippen LogP contribution in [0.25, 0.3) is 0 Å². The summed E-state index contributed by atoms with van der Waals surface area (Å²) < 4.78 is 14.6. The van der Waals surface area contributed by atoms with Crippen molar-refractivity contribution in [1.82, 2.24) is 4.57 Å². The van der Waals surface area contributed by atoms with Gasteiger partial charge in [0.05, 0.1) is 18.2 Å². The Hall–Kier alpha value is -1.93. The summed E-state index contributed by atoms with van der Waals surface area (Å²) in [5, 5.41) is 10.7. The molecule has 1 aromatic carbocycles. The Morgan fingerprint density at radius 1 is 1.53 bits per heavy atom. The molecule has 86 valence electrons. The monoisotopic (exact) mass is 248 g/mol. The zero-order chi connectivity index (χ0) is 12.4. The number of hydrogen-bond acceptors (Lipinski definition) is 3. The Morgan fingerprint density at radius 3 is 2.88 bits per heavy atom. The van der Waals surface area contributed by atoms with Gasteiger partial charge in [0.15, 0.2) is 0 Å². The van der Waals surface area contributed by atoms with E-state index in [0.717, 1.165) is 17.0 Å². The van der Waals surface area contributed by atoms with Crippen LogP contribution in [0.5, 0.6) is 0 Å². The molecule has 0 bridgehead atoms. The third-order valence-electron chi connectivity index (χ3n) is 2.49. The van der Waals surface area contributed by atoms with Crippen molar-refractivity contribution in [2.75, 3.05) is 0 Å². The number of thiazole rings is 1. The van der Waals surface area contributed by atoms with Crippen molar-refractivity contribution in [2.24, 2.45) is 0 Å². The minimum Gasteiger partial charge on any atom is -0.299 e. The number of benzene rings is 1. The zero-order valence-corrected chi connectivity index (χ0v) is 9.92. The van der Waals surface area contributed by atoms with Crippen molar-refractivity contribution in [3.63, 3.8) is 0 Å². The van der Waals surface area contributed by atoms with Gasteiger partial charge in [0.25, 0.3) is 0 Å². The lowest BCUT2D eigenvalue weighted by molar-refractivity contribution is 0.622. The summed E-state index contributed by atoms with van der Waals surface area (Å²) in [6.45, 7) is 2.04. The zero-order valence-electron chi connectivity index (χ0n) is 9.11. The second-order valence-corrected chi connectivity index (χ2v) is 4.46. The number of nitriles is 1. The molecule has 0 atom stereocenters. The Morgan fingerprint density at radius 2 is 2.29 bits per heavy atom. The van der Waals surface area contributed by atoms with E-state index in [1.165, 1.54) is 22.8 Å². The molecule has 0 aliphatic rings. The molecule has 0 spiro atoms. The second-order valence-electron chi connectivity index (χ2n) is 3.64. The summed E-state index contributed by atoms with van der Waals surface area (Å²) in [4.78, 5) is 11.4. The maximum absolute atomic E-state index is 13.1. The van der Waals surface area contributed by atoms with Gasteiger partial charge in [-0.05, 0) is 30.7 Å². The Balaban J connectivity index is 2.47. The first-order chi connectivity index (χ1) is 8.11. The van der Waals surface area contributed by atoms with E-state index in [-0.39, 0.29) is 11.4 Å². The maximum Gasteiger partial charge on any atom is 0.307 e. The summed E-state index contributed by atoms with van der Waals surface area (Å²) in [6, 6.07) is 5.96. The van der Waals surface area contributed by atoms with E-state index in [4.69, 9.17) is 5.26 Å². The van der Waals surface area contributed by atoms with Crippen LogP contribution in [-0.2, 0) is 6.54 Å². The lowest BCUT2D eigenvalue weighted by Crippen LogP contribution is -2.16. The third kappa shape index (κ3) is 2.27. The van der Waals surface area contributed by atoms with E-state index >= 15 is 0 Å². The van der Waals surface area contributed by atoms with Gasteiger partial charge in [-0.25, -0.2) is 4.39 Å². The average Bonchev–Trinajstić information content (AvgIpc) is 2.61. The maximum atomic E-state index is 13.1. The molecule has 2 rings (SSSR count). The normalized spacial score (nSPS) is 10.2. The summed E-state index contributed by atoms with van der Waals surface area (Å²) in [5.74, 6) is -0.403. The Bertz CT molecular complexity index is 651. The molecular weight excluding hydrogens is 239 g/mol.